The van der Waals surface area contributed by atoms with Crippen LogP contribution in [0, 0.1) is 0 Å². The number of carbonyl (C=O) groups is 2. The van der Waals surface area contributed by atoms with Crippen molar-refractivity contribution in [2.24, 2.45) is 0 Å². The van der Waals surface area contributed by atoms with Crippen LogP contribution in [0.4, 0.5) is 13.2 Å². The second-order valence-electron chi connectivity index (χ2n) is 3.84. The van der Waals surface area contributed by atoms with E-state index < -0.39 is 17.5 Å². The number of Topliss-reactive ketones (excluding diaryl/α,β-unsaturated/α-hetero) is 1. The SMILES string of the molecule is O=Cc1ccc(-c2ccc(Cl)cc2C(=O)C(F)(F)F)o1. The molecule has 2 rings (SSSR count). The summed E-state index contributed by atoms with van der Waals surface area (Å²) in [5.41, 5.74) is -0.707. The molecule has 0 unspecified atom stereocenters. The second kappa shape index (κ2) is 5.13. The summed E-state index contributed by atoms with van der Waals surface area (Å²) >= 11 is 5.62. The van der Waals surface area contributed by atoms with Crippen LogP contribution >= 0.6 is 11.6 Å². The van der Waals surface area contributed by atoms with Gasteiger partial charge in [0.05, 0.1) is 0 Å². The van der Waals surface area contributed by atoms with Gasteiger partial charge in [-0.05, 0) is 30.3 Å². The van der Waals surface area contributed by atoms with Gasteiger partial charge >= 0.3 is 6.18 Å². The van der Waals surface area contributed by atoms with E-state index in [4.69, 9.17) is 16.0 Å². The van der Waals surface area contributed by atoms with Crippen molar-refractivity contribution in [3.8, 4) is 11.3 Å². The summed E-state index contributed by atoms with van der Waals surface area (Å²) in [6.07, 6.45) is -4.62. The van der Waals surface area contributed by atoms with Gasteiger partial charge in [-0.3, -0.25) is 9.59 Å². The minimum Gasteiger partial charge on any atom is -0.453 e. The molecule has 1 heterocycles. The van der Waals surface area contributed by atoms with E-state index in [1.807, 2.05) is 0 Å². The van der Waals surface area contributed by atoms with E-state index in [2.05, 4.69) is 0 Å². The molecule has 20 heavy (non-hydrogen) atoms. The van der Waals surface area contributed by atoms with Gasteiger partial charge in [-0.1, -0.05) is 11.6 Å². The summed E-state index contributed by atoms with van der Waals surface area (Å²) in [5.74, 6) is -2.10. The smallest absolute Gasteiger partial charge is 0.453 e. The molecule has 0 aliphatic heterocycles. The highest BCUT2D eigenvalue weighted by Crippen LogP contribution is 2.32. The quantitative estimate of drug-likeness (QED) is 0.632. The maximum absolute atomic E-state index is 12.6. The van der Waals surface area contributed by atoms with Gasteiger partial charge in [-0.2, -0.15) is 13.2 Å². The third-order valence-electron chi connectivity index (χ3n) is 2.49. The number of carbonyl (C=O) groups excluding carboxylic acids is 2. The summed E-state index contributed by atoms with van der Waals surface area (Å²) in [6, 6.07) is 6.07. The second-order valence-corrected chi connectivity index (χ2v) is 4.27. The number of benzene rings is 1. The van der Waals surface area contributed by atoms with Crippen molar-refractivity contribution < 1.29 is 27.2 Å². The zero-order chi connectivity index (χ0) is 14.9. The molecule has 0 bridgehead atoms. The Kier molecular flexibility index (Phi) is 3.67. The molecule has 0 fully saturated rings. The molecule has 3 nitrogen and oxygen atoms in total. The van der Waals surface area contributed by atoms with Gasteiger partial charge < -0.3 is 4.42 Å². The average Bonchev–Trinajstić information content (AvgIpc) is 2.85. The summed E-state index contributed by atoms with van der Waals surface area (Å²) in [5, 5.41) is -0.0106. The Labute approximate surface area is 116 Å². The van der Waals surface area contributed by atoms with E-state index in [0.717, 1.165) is 6.07 Å². The molecule has 0 amide bonds. The fraction of sp³-hybridized carbons (Fsp3) is 0.0769. The lowest BCUT2D eigenvalue weighted by Gasteiger charge is -2.09. The maximum atomic E-state index is 12.6. The van der Waals surface area contributed by atoms with Crippen molar-refractivity contribution in [2.75, 3.05) is 0 Å². The van der Waals surface area contributed by atoms with Gasteiger partial charge in [-0.15, -0.1) is 0 Å². The van der Waals surface area contributed by atoms with Gasteiger partial charge in [0.25, 0.3) is 5.78 Å². The first-order chi connectivity index (χ1) is 9.32. The van der Waals surface area contributed by atoms with Gasteiger partial charge in [0, 0.05) is 16.1 Å². The van der Waals surface area contributed by atoms with E-state index in [1.165, 1.54) is 24.3 Å². The van der Waals surface area contributed by atoms with Crippen LogP contribution in [0.15, 0.2) is 34.7 Å². The topological polar surface area (TPSA) is 47.3 Å². The van der Waals surface area contributed by atoms with Crippen molar-refractivity contribution in [3.63, 3.8) is 0 Å². The van der Waals surface area contributed by atoms with Crippen LogP contribution in [0.2, 0.25) is 5.02 Å². The standard InChI is InChI=1S/C13H6ClF3O3/c14-7-1-3-9(11-4-2-8(6-18)20-11)10(5-7)12(19)13(15,16)17/h1-6H. The molecule has 1 aromatic carbocycles. The summed E-state index contributed by atoms with van der Waals surface area (Å²) in [6.45, 7) is 0. The van der Waals surface area contributed by atoms with Gasteiger partial charge in [0.15, 0.2) is 12.0 Å². The zero-order valence-electron chi connectivity index (χ0n) is 9.70. The Bertz CT molecular complexity index is 674. The molecule has 104 valence electrons. The molecule has 0 spiro atoms. The first kappa shape index (κ1) is 14.3. The zero-order valence-corrected chi connectivity index (χ0v) is 10.5. The first-order valence-electron chi connectivity index (χ1n) is 5.29. The normalized spacial score (nSPS) is 11.4. The largest absolute Gasteiger partial charge is 0.454 e. The molecule has 7 heteroatoms. The number of rotatable bonds is 3. The van der Waals surface area contributed by atoms with E-state index in [1.54, 1.807) is 0 Å². The number of alkyl halides is 3. The van der Waals surface area contributed by atoms with Crippen LogP contribution in [0.1, 0.15) is 20.9 Å². The van der Waals surface area contributed by atoms with E-state index in [9.17, 15) is 22.8 Å². The Morgan fingerprint density at radius 1 is 1.20 bits per heavy atom. The monoisotopic (exact) mass is 302 g/mol. The van der Waals surface area contributed by atoms with E-state index in [0.29, 0.717) is 6.29 Å². The lowest BCUT2D eigenvalue weighted by Crippen LogP contribution is -2.23. The van der Waals surface area contributed by atoms with Crippen molar-refractivity contribution in [1.29, 1.82) is 0 Å². The molecule has 0 aliphatic rings. The van der Waals surface area contributed by atoms with Crippen LogP contribution in [-0.2, 0) is 0 Å². The summed E-state index contributed by atoms with van der Waals surface area (Å²) in [4.78, 5) is 21.9. The third-order valence-corrected chi connectivity index (χ3v) is 2.73. The van der Waals surface area contributed by atoms with Gasteiger partial charge in [0.2, 0.25) is 0 Å². The highest BCUT2D eigenvalue weighted by Gasteiger charge is 2.40. The number of ketones is 1. The third kappa shape index (κ3) is 2.75. The van der Waals surface area contributed by atoms with Crippen molar-refractivity contribution >= 4 is 23.7 Å². The average molecular weight is 303 g/mol. The molecule has 1 aromatic heterocycles. The van der Waals surface area contributed by atoms with Gasteiger partial charge in [-0.25, -0.2) is 0 Å². The summed E-state index contributed by atoms with van der Waals surface area (Å²) in [7, 11) is 0. The van der Waals surface area contributed by atoms with Crippen LogP contribution in [0.3, 0.4) is 0 Å². The molecule has 0 aliphatic carbocycles. The predicted octanol–water partition coefficient (Wildman–Crippen LogP) is 4.16. The number of hydrogen-bond acceptors (Lipinski definition) is 3. The molecule has 0 saturated carbocycles. The Balaban J connectivity index is 2.59. The minimum atomic E-state index is -5.03. The summed E-state index contributed by atoms with van der Waals surface area (Å²) < 4.78 is 42.7. The Morgan fingerprint density at radius 3 is 2.45 bits per heavy atom. The highest BCUT2D eigenvalue weighted by atomic mass is 35.5. The molecule has 0 saturated heterocycles. The molecular weight excluding hydrogens is 297 g/mol. The van der Waals surface area contributed by atoms with Gasteiger partial charge in [0.1, 0.15) is 5.76 Å². The number of halogens is 4. The van der Waals surface area contributed by atoms with E-state index >= 15 is 0 Å². The fourth-order valence-electron chi connectivity index (χ4n) is 1.63. The molecule has 2 aromatic rings. The van der Waals surface area contributed by atoms with Crippen LogP contribution < -0.4 is 0 Å². The van der Waals surface area contributed by atoms with Crippen LogP contribution in [0.25, 0.3) is 11.3 Å². The van der Waals surface area contributed by atoms with Crippen molar-refractivity contribution in [1.82, 2.24) is 0 Å². The highest BCUT2D eigenvalue weighted by molar-refractivity contribution is 6.31. The van der Waals surface area contributed by atoms with Crippen molar-refractivity contribution in [3.05, 3.63) is 46.7 Å². The van der Waals surface area contributed by atoms with Crippen LogP contribution in [-0.4, -0.2) is 18.2 Å². The van der Waals surface area contributed by atoms with Crippen LogP contribution in [0.5, 0.6) is 0 Å². The number of furan rings is 1. The molecule has 0 atom stereocenters. The fourth-order valence-corrected chi connectivity index (χ4v) is 1.80. The number of hydrogen-bond donors (Lipinski definition) is 0. The lowest BCUT2D eigenvalue weighted by atomic mass is 10.0. The lowest BCUT2D eigenvalue weighted by molar-refractivity contribution is -0.0884. The van der Waals surface area contributed by atoms with Crippen molar-refractivity contribution in [2.45, 2.75) is 6.18 Å². The molecule has 0 radical (unpaired) electrons. The Morgan fingerprint density at radius 2 is 1.90 bits per heavy atom. The number of aldehydes is 1. The first-order valence-corrected chi connectivity index (χ1v) is 5.67. The minimum absolute atomic E-state index is 0.0106. The van der Waals surface area contributed by atoms with E-state index in [-0.39, 0.29) is 22.1 Å². The maximum Gasteiger partial charge on any atom is 0.454 e. The molecular formula is C13H6ClF3O3. The Hall–Kier alpha value is -2.08. The molecule has 0 N–H and O–H groups in total. The predicted molar refractivity (Wildman–Crippen MR) is 64.9 cm³/mol.